The molecule has 3 aromatic carbocycles. The summed E-state index contributed by atoms with van der Waals surface area (Å²) in [5.74, 6) is 1.49. The molecule has 0 heterocycles. The lowest BCUT2D eigenvalue weighted by Gasteiger charge is -2.10. The van der Waals surface area contributed by atoms with Crippen molar-refractivity contribution in [3.05, 3.63) is 90.0 Å². The van der Waals surface area contributed by atoms with Crippen LogP contribution in [0.25, 0.3) is 0 Å². The van der Waals surface area contributed by atoms with Gasteiger partial charge >= 0.3 is 0 Å². The third kappa shape index (κ3) is 5.82. The molecule has 0 aliphatic heterocycles. The van der Waals surface area contributed by atoms with Gasteiger partial charge in [0.15, 0.2) is 5.11 Å². The highest BCUT2D eigenvalue weighted by molar-refractivity contribution is 7.80. The van der Waals surface area contributed by atoms with E-state index in [0.717, 1.165) is 22.6 Å². The second-order valence-corrected chi connectivity index (χ2v) is 6.28. The summed E-state index contributed by atoms with van der Waals surface area (Å²) in [6, 6.07) is 25.3. The van der Waals surface area contributed by atoms with E-state index in [0.29, 0.717) is 17.5 Å². The molecule has 5 nitrogen and oxygen atoms in total. The van der Waals surface area contributed by atoms with Crippen molar-refractivity contribution in [2.75, 3.05) is 12.4 Å². The number of ether oxygens (including phenoxy) is 2. The van der Waals surface area contributed by atoms with Gasteiger partial charge in [-0.1, -0.05) is 54.6 Å². The van der Waals surface area contributed by atoms with Gasteiger partial charge in [0.1, 0.15) is 18.1 Å². The van der Waals surface area contributed by atoms with Gasteiger partial charge in [0, 0.05) is 0 Å². The molecule has 0 spiro atoms. The van der Waals surface area contributed by atoms with Gasteiger partial charge in [0.2, 0.25) is 0 Å². The molecule has 0 saturated heterocycles. The number of methoxy groups -OCH3 is 1. The van der Waals surface area contributed by atoms with E-state index in [-0.39, 0.29) is 0 Å². The predicted molar refractivity (Wildman–Crippen MR) is 117 cm³/mol. The summed E-state index contributed by atoms with van der Waals surface area (Å²) in [5.41, 5.74) is 5.60. The first-order valence-electron chi connectivity index (χ1n) is 8.74. The second kappa shape index (κ2) is 10.1. The van der Waals surface area contributed by atoms with Crippen LogP contribution in [0, 0.1) is 0 Å². The first kappa shape index (κ1) is 19.4. The molecule has 142 valence electrons. The number of hydrogen-bond acceptors (Lipinski definition) is 4. The van der Waals surface area contributed by atoms with Gasteiger partial charge in [0.25, 0.3) is 0 Å². The van der Waals surface area contributed by atoms with E-state index < -0.39 is 0 Å². The number of hydrogen-bond donors (Lipinski definition) is 2. The third-order valence-corrected chi connectivity index (χ3v) is 4.03. The van der Waals surface area contributed by atoms with Crippen molar-refractivity contribution >= 4 is 29.2 Å². The summed E-state index contributed by atoms with van der Waals surface area (Å²) < 4.78 is 11.1. The Bertz CT molecular complexity index is 945. The number of rotatable bonds is 7. The molecule has 6 heteroatoms. The largest absolute Gasteiger partial charge is 0.495 e. The van der Waals surface area contributed by atoms with Crippen molar-refractivity contribution in [2.45, 2.75) is 6.61 Å². The summed E-state index contributed by atoms with van der Waals surface area (Å²) in [6.07, 6.45) is 1.69. The van der Waals surface area contributed by atoms with Crippen molar-refractivity contribution in [1.82, 2.24) is 5.43 Å². The van der Waals surface area contributed by atoms with Gasteiger partial charge in [-0.25, -0.2) is 0 Å². The quantitative estimate of drug-likeness (QED) is 0.350. The summed E-state index contributed by atoms with van der Waals surface area (Å²) >= 11 is 5.26. The average molecular weight is 391 g/mol. The summed E-state index contributed by atoms with van der Waals surface area (Å²) in [7, 11) is 1.61. The molecule has 0 bridgehead atoms. The Labute approximate surface area is 170 Å². The fourth-order valence-electron chi connectivity index (χ4n) is 2.49. The van der Waals surface area contributed by atoms with Crippen LogP contribution >= 0.6 is 12.2 Å². The van der Waals surface area contributed by atoms with Gasteiger partial charge in [-0.15, -0.1) is 0 Å². The number of nitrogens with zero attached hydrogens (tertiary/aromatic N) is 1. The van der Waals surface area contributed by atoms with Gasteiger partial charge in [-0.2, -0.15) is 5.10 Å². The monoisotopic (exact) mass is 391 g/mol. The highest BCUT2D eigenvalue weighted by Crippen LogP contribution is 2.22. The minimum absolute atomic E-state index is 0.372. The molecule has 0 fully saturated rings. The molecule has 0 atom stereocenters. The molecule has 3 aromatic rings. The Hall–Kier alpha value is -3.38. The zero-order valence-electron chi connectivity index (χ0n) is 15.5. The smallest absolute Gasteiger partial charge is 0.191 e. The molecule has 0 aliphatic carbocycles. The van der Waals surface area contributed by atoms with Crippen LogP contribution in [-0.4, -0.2) is 18.4 Å². The first-order valence-corrected chi connectivity index (χ1v) is 9.15. The minimum Gasteiger partial charge on any atom is -0.495 e. The average Bonchev–Trinajstić information content (AvgIpc) is 2.74. The van der Waals surface area contributed by atoms with E-state index in [2.05, 4.69) is 15.8 Å². The number of hydrazone groups is 1. The lowest BCUT2D eigenvalue weighted by molar-refractivity contribution is 0.306. The molecule has 3 rings (SSSR count). The molecule has 2 N–H and O–H groups in total. The number of thiocarbonyl (C=S) groups is 1. The number of para-hydroxylation sites is 2. The topological polar surface area (TPSA) is 54.9 Å². The van der Waals surface area contributed by atoms with Crippen LogP contribution < -0.4 is 20.2 Å². The highest BCUT2D eigenvalue weighted by Gasteiger charge is 2.02. The predicted octanol–water partition coefficient (Wildman–Crippen LogP) is 4.59. The summed E-state index contributed by atoms with van der Waals surface area (Å²) in [5, 5.41) is 7.60. The Balaban J connectivity index is 1.53. The summed E-state index contributed by atoms with van der Waals surface area (Å²) in [4.78, 5) is 0. The zero-order valence-corrected chi connectivity index (χ0v) is 16.3. The Kier molecular flexibility index (Phi) is 6.98. The van der Waals surface area contributed by atoms with Crippen LogP contribution in [0.1, 0.15) is 11.1 Å². The van der Waals surface area contributed by atoms with Gasteiger partial charge in [-0.05, 0) is 47.6 Å². The van der Waals surface area contributed by atoms with Crippen LogP contribution in [-0.2, 0) is 6.61 Å². The molecule has 0 radical (unpaired) electrons. The summed E-state index contributed by atoms with van der Waals surface area (Å²) in [6.45, 7) is 0.520. The Morgan fingerprint density at radius 3 is 2.61 bits per heavy atom. The van der Waals surface area contributed by atoms with Crippen molar-refractivity contribution in [3.8, 4) is 11.5 Å². The maximum Gasteiger partial charge on any atom is 0.191 e. The second-order valence-electron chi connectivity index (χ2n) is 5.87. The lowest BCUT2D eigenvalue weighted by Crippen LogP contribution is -2.24. The van der Waals surface area contributed by atoms with Crippen molar-refractivity contribution in [1.29, 1.82) is 0 Å². The standard InChI is InChI=1S/C22H21N3O2S/c1-26-21-13-6-5-12-20(21)24-22(28)25-23-15-18-10-7-11-19(14-18)27-16-17-8-3-2-4-9-17/h2-15H,16H2,1H3,(H2,24,25,28). The van der Waals surface area contributed by atoms with Crippen molar-refractivity contribution in [3.63, 3.8) is 0 Å². The molecular formula is C22H21N3O2S. The Morgan fingerprint density at radius 2 is 1.79 bits per heavy atom. The molecular weight excluding hydrogens is 370 g/mol. The number of benzene rings is 3. The van der Waals surface area contributed by atoms with E-state index >= 15 is 0 Å². The van der Waals surface area contributed by atoms with E-state index in [1.165, 1.54) is 0 Å². The van der Waals surface area contributed by atoms with Crippen LogP contribution in [0.4, 0.5) is 5.69 Å². The van der Waals surface area contributed by atoms with Crippen LogP contribution in [0.15, 0.2) is 84.0 Å². The lowest BCUT2D eigenvalue weighted by atomic mass is 10.2. The molecule has 0 aromatic heterocycles. The molecule has 0 unspecified atom stereocenters. The van der Waals surface area contributed by atoms with Gasteiger partial charge in [-0.3, -0.25) is 5.43 Å². The van der Waals surface area contributed by atoms with Crippen molar-refractivity contribution in [2.24, 2.45) is 5.10 Å². The van der Waals surface area contributed by atoms with E-state index in [1.54, 1.807) is 13.3 Å². The van der Waals surface area contributed by atoms with Gasteiger partial charge < -0.3 is 14.8 Å². The maximum atomic E-state index is 5.83. The Morgan fingerprint density at radius 1 is 1.00 bits per heavy atom. The van der Waals surface area contributed by atoms with E-state index in [4.69, 9.17) is 21.7 Å². The van der Waals surface area contributed by atoms with E-state index in [1.807, 2.05) is 78.9 Å². The fraction of sp³-hybridized carbons (Fsp3) is 0.0909. The first-order chi connectivity index (χ1) is 13.7. The van der Waals surface area contributed by atoms with Crippen LogP contribution in [0.3, 0.4) is 0 Å². The third-order valence-electron chi connectivity index (χ3n) is 3.84. The molecule has 0 amide bonds. The normalized spacial score (nSPS) is 10.5. The fourth-order valence-corrected chi connectivity index (χ4v) is 2.65. The SMILES string of the molecule is COc1ccccc1NC(=S)NN=Cc1cccc(OCc2ccccc2)c1. The van der Waals surface area contributed by atoms with Crippen LogP contribution in [0.5, 0.6) is 11.5 Å². The number of nitrogens with one attached hydrogen (secondary N) is 2. The maximum absolute atomic E-state index is 5.83. The van der Waals surface area contributed by atoms with Gasteiger partial charge in [0.05, 0.1) is 19.0 Å². The van der Waals surface area contributed by atoms with Crippen molar-refractivity contribution < 1.29 is 9.47 Å². The minimum atomic E-state index is 0.372. The molecule has 0 aliphatic rings. The van der Waals surface area contributed by atoms with E-state index in [9.17, 15) is 0 Å². The van der Waals surface area contributed by atoms with Crippen LogP contribution in [0.2, 0.25) is 0 Å². The number of anilines is 1. The molecule has 0 saturated carbocycles. The molecule has 28 heavy (non-hydrogen) atoms. The zero-order chi connectivity index (χ0) is 19.6. The highest BCUT2D eigenvalue weighted by atomic mass is 32.1.